The average Bonchev–Trinajstić information content (AvgIpc) is 2.94. The van der Waals surface area contributed by atoms with E-state index in [2.05, 4.69) is 46.4 Å². The zero-order valence-electron chi connectivity index (χ0n) is 11.7. The van der Waals surface area contributed by atoms with Gasteiger partial charge in [0.15, 0.2) is 0 Å². The molecular formula is C16H23N3. The second-order valence-corrected chi connectivity index (χ2v) is 5.47. The molecule has 0 spiro atoms. The predicted molar refractivity (Wildman–Crippen MR) is 80.3 cm³/mol. The van der Waals surface area contributed by atoms with Crippen molar-refractivity contribution in [2.75, 3.05) is 19.6 Å². The van der Waals surface area contributed by atoms with Gasteiger partial charge in [0, 0.05) is 36.2 Å². The molecule has 0 amide bonds. The SMILES string of the molecule is CCN1CCCC(NCc2cccc3[nH]ccc23)C1. The molecule has 1 aliphatic heterocycles. The zero-order valence-corrected chi connectivity index (χ0v) is 11.7. The lowest BCUT2D eigenvalue weighted by molar-refractivity contribution is 0.198. The molecule has 1 saturated heterocycles. The zero-order chi connectivity index (χ0) is 13.1. The van der Waals surface area contributed by atoms with Gasteiger partial charge in [-0.15, -0.1) is 0 Å². The van der Waals surface area contributed by atoms with Gasteiger partial charge >= 0.3 is 0 Å². The second-order valence-electron chi connectivity index (χ2n) is 5.47. The molecule has 3 nitrogen and oxygen atoms in total. The maximum Gasteiger partial charge on any atom is 0.0457 e. The second kappa shape index (κ2) is 5.76. The summed E-state index contributed by atoms with van der Waals surface area (Å²) in [7, 11) is 0. The van der Waals surface area contributed by atoms with E-state index in [0.717, 1.165) is 6.54 Å². The van der Waals surface area contributed by atoms with E-state index >= 15 is 0 Å². The quantitative estimate of drug-likeness (QED) is 0.882. The summed E-state index contributed by atoms with van der Waals surface area (Å²) in [6.07, 6.45) is 4.65. The van der Waals surface area contributed by atoms with E-state index in [1.807, 2.05) is 6.20 Å². The number of rotatable bonds is 4. The minimum absolute atomic E-state index is 0.642. The number of likely N-dealkylation sites (tertiary alicyclic amines) is 1. The van der Waals surface area contributed by atoms with Crippen LogP contribution in [0.3, 0.4) is 0 Å². The van der Waals surface area contributed by atoms with Crippen LogP contribution in [0.1, 0.15) is 25.3 Å². The number of hydrogen-bond acceptors (Lipinski definition) is 2. The molecule has 19 heavy (non-hydrogen) atoms. The molecule has 1 fully saturated rings. The van der Waals surface area contributed by atoms with Crippen LogP contribution in [-0.2, 0) is 6.54 Å². The summed E-state index contributed by atoms with van der Waals surface area (Å²) in [6.45, 7) is 6.85. The number of H-pyrrole nitrogens is 1. The molecule has 102 valence electrons. The van der Waals surface area contributed by atoms with Crippen molar-refractivity contribution in [3.8, 4) is 0 Å². The van der Waals surface area contributed by atoms with Gasteiger partial charge < -0.3 is 15.2 Å². The van der Waals surface area contributed by atoms with Crippen LogP contribution in [0.25, 0.3) is 10.9 Å². The first-order valence-electron chi connectivity index (χ1n) is 7.37. The number of aromatic nitrogens is 1. The summed E-state index contributed by atoms with van der Waals surface area (Å²) in [5.74, 6) is 0. The van der Waals surface area contributed by atoms with Gasteiger partial charge in [-0.1, -0.05) is 19.1 Å². The smallest absolute Gasteiger partial charge is 0.0457 e. The van der Waals surface area contributed by atoms with Crippen molar-refractivity contribution in [1.82, 2.24) is 15.2 Å². The number of piperidine rings is 1. The van der Waals surface area contributed by atoms with Crippen LogP contribution in [0.15, 0.2) is 30.5 Å². The van der Waals surface area contributed by atoms with E-state index in [1.165, 1.54) is 48.9 Å². The van der Waals surface area contributed by atoms with Gasteiger partial charge in [0.05, 0.1) is 0 Å². The molecule has 0 bridgehead atoms. The third kappa shape index (κ3) is 2.82. The Hall–Kier alpha value is -1.32. The summed E-state index contributed by atoms with van der Waals surface area (Å²) in [6, 6.07) is 9.31. The summed E-state index contributed by atoms with van der Waals surface area (Å²) in [5, 5.41) is 5.07. The minimum atomic E-state index is 0.642. The third-order valence-electron chi connectivity index (χ3n) is 4.22. The normalized spacial score (nSPS) is 21.0. The van der Waals surface area contributed by atoms with Crippen molar-refractivity contribution in [3.63, 3.8) is 0 Å². The standard InChI is InChI=1S/C16H23N3/c1-2-19-10-4-6-14(12-19)18-11-13-5-3-7-16-15(13)8-9-17-16/h3,5,7-9,14,17-18H,2,4,6,10-12H2,1H3. The molecule has 1 aromatic carbocycles. The lowest BCUT2D eigenvalue weighted by Gasteiger charge is -2.32. The first kappa shape index (κ1) is 12.7. The van der Waals surface area contributed by atoms with E-state index < -0.39 is 0 Å². The Morgan fingerprint density at radius 2 is 2.32 bits per heavy atom. The lowest BCUT2D eigenvalue weighted by atomic mass is 10.0. The van der Waals surface area contributed by atoms with Crippen LogP contribution in [-0.4, -0.2) is 35.6 Å². The van der Waals surface area contributed by atoms with Crippen LogP contribution in [0.5, 0.6) is 0 Å². The van der Waals surface area contributed by atoms with Crippen LogP contribution in [0.4, 0.5) is 0 Å². The Kier molecular flexibility index (Phi) is 3.85. The first-order valence-corrected chi connectivity index (χ1v) is 7.37. The molecule has 3 heteroatoms. The van der Waals surface area contributed by atoms with Crippen LogP contribution in [0.2, 0.25) is 0 Å². The maximum absolute atomic E-state index is 3.73. The fourth-order valence-corrected chi connectivity index (χ4v) is 3.07. The number of nitrogens with one attached hydrogen (secondary N) is 2. The largest absolute Gasteiger partial charge is 0.361 e. The van der Waals surface area contributed by atoms with E-state index in [9.17, 15) is 0 Å². The Morgan fingerprint density at radius 1 is 1.37 bits per heavy atom. The van der Waals surface area contributed by atoms with E-state index in [-0.39, 0.29) is 0 Å². The molecule has 0 radical (unpaired) electrons. The van der Waals surface area contributed by atoms with Crippen molar-refractivity contribution in [2.45, 2.75) is 32.4 Å². The Labute approximate surface area is 115 Å². The minimum Gasteiger partial charge on any atom is -0.361 e. The summed E-state index contributed by atoms with van der Waals surface area (Å²) < 4.78 is 0. The monoisotopic (exact) mass is 257 g/mol. The van der Waals surface area contributed by atoms with Gasteiger partial charge in [-0.05, 0) is 43.6 Å². The molecule has 2 aromatic rings. The number of likely N-dealkylation sites (N-methyl/N-ethyl adjacent to an activating group) is 1. The molecular weight excluding hydrogens is 234 g/mol. The molecule has 1 aromatic heterocycles. The van der Waals surface area contributed by atoms with Gasteiger partial charge in [-0.25, -0.2) is 0 Å². The van der Waals surface area contributed by atoms with Crippen molar-refractivity contribution in [1.29, 1.82) is 0 Å². The summed E-state index contributed by atoms with van der Waals surface area (Å²) in [5.41, 5.74) is 2.63. The van der Waals surface area contributed by atoms with Gasteiger partial charge in [-0.3, -0.25) is 0 Å². The van der Waals surface area contributed by atoms with Gasteiger partial charge in [0.1, 0.15) is 0 Å². The van der Waals surface area contributed by atoms with Gasteiger partial charge in [-0.2, -0.15) is 0 Å². The summed E-state index contributed by atoms with van der Waals surface area (Å²) in [4.78, 5) is 5.82. The number of hydrogen-bond donors (Lipinski definition) is 2. The Balaban J connectivity index is 1.64. The lowest BCUT2D eigenvalue weighted by Crippen LogP contribution is -2.45. The molecule has 1 unspecified atom stereocenters. The molecule has 2 heterocycles. The molecule has 1 aliphatic rings. The molecule has 0 aliphatic carbocycles. The molecule has 1 atom stereocenters. The van der Waals surface area contributed by atoms with E-state index in [4.69, 9.17) is 0 Å². The van der Waals surface area contributed by atoms with Crippen molar-refractivity contribution in [3.05, 3.63) is 36.0 Å². The molecule has 2 N–H and O–H groups in total. The van der Waals surface area contributed by atoms with E-state index in [1.54, 1.807) is 0 Å². The number of benzene rings is 1. The fraction of sp³-hybridized carbons (Fsp3) is 0.500. The number of fused-ring (bicyclic) bond motifs is 1. The fourth-order valence-electron chi connectivity index (χ4n) is 3.07. The topological polar surface area (TPSA) is 31.1 Å². The predicted octanol–water partition coefficient (Wildman–Crippen LogP) is 2.74. The number of aromatic amines is 1. The Morgan fingerprint density at radius 3 is 3.21 bits per heavy atom. The highest BCUT2D eigenvalue weighted by Crippen LogP contribution is 2.18. The van der Waals surface area contributed by atoms with E-state index in [0.29, 0.717) is 6.04 Å². The Bertz CT molecular complexity index is 532. The van der Waals surface area contributed by atoms with Gasteiger partial charge in [0.25, 0.3) is 0 Å². The van der Waals surface area contributed by atoms with Gasteiger partial charge in [0.2, 0.25) is 0 Å². The van der Waals surface area contributed by atoms with Crippen LogP contribution >= 0.6 is 0 Å². The van der Waals surface area contributed by atoms with Crippen molar-refractivity contribution >= 4 is 10.9 Å². The van der Waals surface area contributed by atoms with Crippen LogP contribution in [0, 0.1) is 0 Å². The third-order valence-corrected chi connectivity index (χ3v) is 4.22. The summed E-state index contributed by atoms with van der Waals surface area (Å²) >= 11 is 0. The van der Waals surface area contributed by atoms with Crippen molar-refractivity contribution in [2.24, 2.45) is 0 Å². The first-order chi connectivity index (χ1) is 9.36. The average molecular weight is 257 g/mol. The van der Waals surface area contributed by atoms with Crippen molar-refractivity contribution < 1.29 is 0 Å². The number of nitrogens with zero attached hydrogens (tertiary/aromatic N) is 1. The molecule has 0 saturated carbocycles. The highest BCUT2D eigenvalue weighted by molar-refractivity contribution is 5.82. The maximum atomic E-state index is 3.73. The highest BCUT2D eigenvalue weighted by atomic mass is 15.2. The molecule has 3 rings (SSSR count). The highest BCUT2D eigenvalue weighted by Gasteiger charge is 2.18. The van der Waals surface area contributed by atoms with Crippen LogP contribution < -0.4 is 5.32 Å².